The van der Waals surface area contributed by atoms with E-state index in [0.717, 1.165) is 34.1 Å². The Hall–Kier alpha value is -3.15. The minimum Gasteiger partial charge on any atom is -0.464 e. The van der Waals surface area contributed by atoms with E-state index in [9.17, 15) is 14.0 Å². The number of carbonyl (C=O) groups excluding carboxylic acids is 2. The van der Waals surface area contributed by atoms with Gasteiger partial charge < -0.3 is 14.5 Å². The number of aryl methyl sites for hydroxylation is 1. The Morgan fingerprint density at radius 2 is 1.86 bits per heavy atom. The SMILES string of the molecule is CCc1ccc2c(CC(=O)O[C@H](C)C(=O)NCc3ccc(F)cc3)coc2c1. The summed E-state index contributed by atoms with van der Waals surface area (Å²) in [4.78, 5) is 24.3. The van der Waals surface area contributed by atoms with Gasteiger partial charge in [-0.05, 0) is 42.7 Å². The molecule has 3 rings (SSSR count). The zero-order valence-electron chi connectivity index (χ0n) is 15.8. The maximum atomic E-state index is 12.9. The lowest BCUT2D eigenvalue weighted by Crippen LogP contribution is -2.35. The van der Waals surface area contributed by atoms with Crippen LogP contribution in [0.15, 0.2) is 53.1 Å². The van der Waals surface area contributed by atoms with E-state index >= 15 is 0 Å². The smallest absolute Gasteiger partial charge is 0.311 e. The number of hydrogen-bond acceptors (Lipinski definition) is 4. The van der Waals surface area contributed by atoms with Gasteiger partial charge in [0.1, 0.15) is 11.4 Å². The molecule has 5 nitrogen and oxygen atoms in total. The highest BCUT2D eigenvalue weighted by atomic mass is 19.1. The summed E-state index contributed by atoms with van der Waals surface area (Å²) in [6.45, 7) is 3.80. The third-order valence-corrected chi connectivity index (χ3v) is 4.52. The molecule has 1 N–H and O–H groups in total. The molecule has 0 saturated carbocycles. The van der Waals surface area contributed by atoms with Crippen LogP contribution in [0, 0.1) is 5.82 Å². The number of esters is 1. The van der Waals surface area contributed by atoms with Crippen LogP contribution in [0.3, 0.4) is 0 Å². The van der Waals surface area contributed by atoms with Gasteiger partial charge in [0.2, 0.25) is 0 Å². The van der Waals surface area contributed by atoms with Gasteiger partial charge >= 0.3 is 5.97 Å². The molecule has 28 heavy (non-hydrogen) atoms. The highest BCUT2D eigenvalue weighted by molar-refractivity contribution is 5.88. The number of amides is 1. The van der Waals surface area contributed by atoms with Gasteiger partial charge in [0.05, 0.1) is 12.7 Å². The summed E-state index contributed by atoms with van der Waals surface area (Å²) in [6.07, 6.45) is 1.54. The fraction of sp³-hybridized carbons (Fsp3) is 0.273. The zero-order chi connectivity index (χ0) is 20.1. The second-order valence-corrected chi connectivity index (χ2v) is 6.60. The molecule has 0 unspecified atom stereocenters. The van der Waals surface area contributed by atoms with E-state index in [1.54, 1.807) is 18.4 Å². The monoisotopic (exact) mass is 383 g/mol. The van der Waals surface area contributed by atoms with Gasteiger partial charge in [0, 0.05) is 17.5 Å². The summed E-state index contributed by atoms with van der Waals surface area (Å²) in [6, 6.07) is 11.7. The summed E-state index contributed by atoms with van der Waals surface area (Å²) in [5.41, 5.74) is 3.36. The van der Waals surface area contributed by atoms with Crippen LogP contribution in [-0.2, 0) is 33.7 Å². The average molecular weight is 383 g/mol. The lowest BCUT2D eigenvalue weighted by Gasteiger charge is -2.13. The lowest BCUT2D eigenvalue weighted by atomic mass is 10.1. The van der Waals surface area contributed by atoms with Gasteiger partial charge in [-0.3, -0.25) is 9.59 Å². The molecule has 0 aliphatic carbocycles. The Bertz CT molecular complexity index is 978. The Labute approximate surface area is 162 Å². The summed E-state index contributed by atoms with van der Waals surface area (Å²) >= 11 is 0. The van der Waals surface area contributed by atoms with Crippen LogP contribution >= 0.6 is 0 Å². The average Bonchev–Trinajstić information content (AvgIpc) is 3.08. The van der Waals surface area contributed by atoms with Gasteiger partial charge in [-0.1, -0.05) is 31.2 Å². The van der Waals surface area contributed by atoms with E-state index in [1.807, 2.05) is 18.2 Å². The molecule has 1 heterocycles. The van der Waals surface area contributed by atoms with Crippen molar-refractivity contribution in [2.75, 3.05) is 0 Å². The standard InChI is InChI=1S/C22H22FNO4/c1-3-15-6-9-19-17(13-27-20(19)10-15)11-21(25)28-14(2)22(26)24-12-16-4-7-18(23)8-5-16/h4-10,13-14H,3,11-12H2,1-2H3,(H,24,26)/t14-/m1/s1. The van der Waals surface area contributed by atoms with Gasteiger partial charge in [-0.25, -0.2) is 4.39 Å². The van der Waals surface area contributed by atoms with Crippen LogP contribution in [-0.4, -0.2) is 18.0 Å². The predicted molar refractivity (Wildman–Crippen MR) is 103 cm³/mol. The molecule has 3 aromatic rings. The van der Waals surface area contributed by atoms with Crippen molar-refractivity contribution < 1.29 is 23.1 Å². The number of rotatable bonds is 7. The molecule has 1 aromatic heterocycles. The minimum atomic E-state index is -0.933. The fourth-order valence-corrected chi connectivity index (χ4v) is 2.87. The number of benzene rings is 2. The minimum absolute atomic E-state index is 0.0219. The van der Waals surface area contributed by atoms with E-state index < -0.39 is 18.0 Å². The number of ether oxygens (including phenoxy) is 1. The maximum Gasteiger partial charge on any atom is 0.311 e. The zero-order valence-corrected chi connectivity index (χ0v) is 15.8. The molecule has 0 aliphatic rings. The van der Waals surface area contributed by atoms with Crippen molar-refractivity contribution in [3.63, 3.8) is 0 Å². The molecule has 0 bridgehead atoms. The summed E-state index contributed by atoms with van der Waals surface area (Å²) in [7, 11) is 0. The lowest BCUT2D eigenvalue weighted by molar-refractivity contribution is -0.154. The van der Waals surface area contributed by atoms with Crippen LogP contribution in [0.4, 0.5) is 4.39 Å². The number of nitrogens with one attached hydrogen (secondary N) is 1. The second kappa shape index (κ2) is 8.69. The van der Waals surface area contributed by atoms with Crippen LogP contribution in [0.5, 0.6) is 0 Å². The predicted octanol–water partition coefficient (Wildman–Crippen LogP) is 3.92. The Balaban J connectivity index is 1.53. The van der Waals surface area contributed by atoms with E-state index in [2.05, 4.69) is 12.2 Å². The van der Waals surface area contributed by atoms with E-state index in [0.29, 0.717) is 0 Å². The van der Waals surface area contributed by atoms with Crippen molar-refractivity contribution in [3.8, 4) is 0 Å². The molecule has 1 atom stereocenters. The van der Waals surface area contributed by atoms with Crippen molar-refractivity contribution in [3.05, 3.63) is 71.2 Å². The molecule has 1 amide bonds. The van der Waals surface area contributed by atoms with Gasteiger partial charge in [0.25, 0.3) is 5.91 Å². The Kier molecular flexibility index (Phi) is 6.09. The van der Waals surface area contributed by atoms with Crippen molar-refractivity contribution in [1.29, 1.82) is 0 Å². The molecule has 0 saturated heterocycles. The number of carbonyl (C=O) groups is 2. The molecular weight excluding hydrogens is 361 g/mol. The quantitative estimate of drug-likeness (QED) is 0.628. The van der Waals surface area contributed by atoms with Crippen molar-refractivity contribution in [2.24, 2.45) is 0 Å². The largest absolute Gasteiger partial charge is 0.464 e. The maximum absolute atomic E-state index is 12.9. The molecule has 146 valence electrons. The normalized spacial score (nSPS) is 12.0. The van der Waals surface area contributed by atoms with Crippen LogP contribution in [0.2, 0.25) is 0 Å². The van der Waals surface area contributed by atoms with Crippen molar-refractivity contribution in [1.82, 2.24) is 5.32 Å². The van der Waals surface area contributed by atoms with Crippen molar-refractivity contribution in [2.45, 2.75) is 39.3 Å². The van der Waals surface area contributed by atoms with E-state index in [4.69, 9.17) is 9.15 Å². The topological polar surface area (TPSA) is 68.5 Å². The molecule has 0 spiro atoms. The molecule has 6 heteroatoms. The molecule has 0 radical (unpaired) electrons. The Morgan fingerprint density at radius 3 is 2.57 bits per heavy atom. The number of fused-ring (bicyclic) bond motifs is 1. The first-order valence-electron chi connectivity index (χ1n) is 9.17. The second-order valence-electron chi connectivity index (χ2n) is 6.60. The number of furan rings is 1. The van der Waals surface area contributed by atoms with E-state index in [1.165, 1.54) is 19.1 Å². The van der Waals surface area contributed by atoms with Crippen LogP contribution in [0.25, 0.3) is 11.0 Å². The van der Waals surface area contributed by atoms with Crippen LogP contribution < -0.4 is 5.32 Å². The third kappa shape index (κ3) is 4.76. The molecule has 0 aliphatic heterocycles. The summed E-state index contributed by atoms with van der Waals surface area (Å²) in [5, 5.41) is 3.53. The van der Waals surface area contributed by atoms with Crippen LogP contribution in [0.1, 0.15) is 30.5 Å². The first-order chi connectivity index (χ1) is 13.5. The number of halogens is 1. The van der Waals surface area contributed by atoms with Gasteiger partial charge in [0.15, 0.2) is 6.10 Å². The first kappa shape index (κ1) is 19.6. The number of hydrogen-bond donors (Lipinski definition) is 1. The summed E-state index contributed by atoms with van der Waals surface area (Å²) in [5.74, 6) is -1.26. The molecular formula is C22H22FNO4. The summed E-state index contributed by atoms with van der Waals surface area (Å²) < 4.78 is 23.7. The van der Waals surface area contributed by atoms with Gasteiger partial charge in [-0.2, -0.15) is 0 Å². The molecule has 0 fully saturated rings. The Morgan fingerprint density at radius 1 is 1.14 bits per heavy atom. The van der Waals surface area contributed by atoms with Gasteiger partial charge in [-0.15, -0.1) is 0 Å². The third-order valence-electron chi connectivity index (χ3n) is 4.52. The highest BCUT2D eigenvalue weighted by Crippen LogP contribution is 2.23. The fourth-order valence-electron chi connectivity index (χ4n) is 2.87. The van der Waals surface area contributed by atoms with Crippen molar-refractivity contribution >= 4 is 22.8 Å². The molecule has 2 aromatic carbocycles. The van der Waals surface area contributed by atoms with E-state index in [-0.39, 0.29) is 18.8 Å². The first-order valence-corrected chi connectivity index (χ1v) is 9.17. The highest BCUT2D eigenvalue weighted by Gasteiger charge is 2.19.